The van der Waals surface area contributed by atoms with Gasteiger partial charge in [-0.05, 0) is 117 Å². The van der Waals surface area contributed by atoms with Crippen LogP contribution in [0.15, 0.2) is 91.0 Å². The predicted molar refractivity (Wildman–Crippen MR) is 280 cm³/mol. The summed E-state index contributed by atoms with van der Waals surface area (Å²) < 4.78 is 7.34. The van der Waals surface area contributed by atoms with Crippen molar-refractivity contribution >= 4 is 79.2 Å². The molecule has 372 valence electrons. The summed E-state index contributed by atoms with van der Waals surface area (Å²) in [6.07, 6.45) is 1.89. The molecule has 0 spiro atoms. The summed E-state index contributed by atoms with van der Waals surface area (Å²) in [5.41, 5.74) is 7.08. The number of piperidine rings is 1. The zero-order valence-electron chi connectivity index (χ0n) is 40.7. The Balaban J connectivity index is 0.778. The molecule has 18 heteroatoms. The number of rotatable bonds is 16. The van der Waals surface area contributed by atoms with E-state index in [9.17, 15) is 29.1 Å². The molecule has 3 atom stereocenters. The van der Waals surface area contributed by atoms with E-state index < -0.39 is 17.8 Å². The van der Waals surface area contributed by atoms with Crippen LogP contribution in [0.3, 0.4) is 0 Å². The number of aromatic nitrogens is 2. The largest absolute Gasteiger partial charge is 0.493 e. The Kier molecular flexibility index (Phi) is 14.7. The molecule has 3 unspecified atom stereocenters. The van der Waals surface area contributed by atoms with Crippen molar-refractivity contribution in [3.8, 4) is 16.9 Å². The molecule has 17 nitrogen and oxygen atoms in total. The zero-order chi connectivity index (χ0) is 50.6. The van der Waals surface area contributed by atoms with Gasteiger partial charge in [-0.15, -0.1) is 0 Å². The summed E-state index contributed by atoms with van der Waals surface area (Å²) in [4.78, 5) is 79.7. The van der Waals surface area contributed by atoms with E-state index in [2.05, 4.69) is 49.9 Å². The average molecular weight is 991 g/mol. The first-order valence-corrected chi connectivity index (χ1v) is 25.1. The molecule has 0 saturated carbocycles. The van der Waals surface area contributed by atoms with Gasteiger partial charge in [0.05, 0.1) is 35.0 Å². The van der Waals surface area contributed by atoms with Crippen molar-refractivity contribution in [2.24, 2.45) is 5.92 Å². The fraction of sp³-hybridized carbons (Fsp3) is 0.333. The first kappa shape index (κ1) is 49.4. The van der Waals surface area contributed by atoms with E-state index >= 15 is 0 Å². The number of hydrogen-bond donors (Lipinski definition) is 6. The van der Waals surface area contributed by atoms with Crippen molar-refractivity contribution in [1.29, 1.82) is 5.41 Å². The summed E-state index contributed by atoms with van der Waals surface area (Å²) in [7, 11) is 1.72. The molecule has 2 fully saturated rings. The predicted octanol–water partition coefficient (Wildman–Crippen LogP) is 7.44. The number of benzene rings is 4. The van der Waals surface area contributed by atoms with Gasteiger partial charge in [-0.25, -0.2) is 14.8 Å². The molecule has 4 amide bonds. The van der Waals surface area contributed by atoms with Crippen molar-refractivity contribution in [3.63, 3.8) is 0 Å². The monoisotopic (exact) mass is 990 g/mol. The van der Waals surface area contributed by atoms with Gasteiger partial charge in [0.2, 0.25) is 17.7 Å². The summed E-state index contributed by atoms with van der Waals surface area (Å²) >= 11 is 1.42. The number of carboxylic acid groups (broad SMARTS) is 1. The third-order valence-electron chi connectivity index (χ3n) is 13.8. The number of ether oxygens (including phenoxy) is 1. The number of hydrogen-bond acceptors (Lipinski definition) is 14. The van der Waals surface area contributed by atoms with Crippen molar-refractivity contribution in [2.45, 2.75) is 65.1 Å². The number of imide groups is 1. The van der Waals surface area contributed by atoms with Crippen molar-refractivity contribution in [2.75, 3.05) is 67.2 Å². The van der Waals surface area contributed by atoms with E-state index in [0.29, 0.717) is 89.5 Å². The van der Waals surface area contributed by atoms with Gasteiger partial charge in [0.25, 0.3) is 5.91 Å². The Bertz CT molecular complexity index is 3060. The van der Waals surface area contributed by atoms with Crippen LogP contribution in [0.4, 0.5) is 22.3 Å². The Labute approximate surface area is 421 Å². The first-order chi connectivity index (χ1) is 34.7. The van der Waals surface area contributed by atoms with Crippen LogP contribution >= 0.6 is 11.3 Å². The second kappa shape index (κ2) is 21.4. The molecule has 9 rings (SSSR count). The minimum absolute atomic E-state index is 0.0669. The van der Waals surface area contributed by atoms with Crippen LogP contribution in [0.2, 0.25) is 0 Å². The van der Waals surface area contributed by atoms with Crippen LogP contribution in [0.25, 0.3) is 21.3 Å². The van der Waals surface area contributed by atoms with E-state index in [4.69, 9.17) is 15.1 Å². The van der Waals surface area contributed by atoms with Gasteiger partial charge in [0.15, 0.2) is 10.8 Å². The lowest BCUT2D eigenvalue weighted by Crippen LogP contribution is -2.58. The fourth-order valence-corrected chi connectivity index (χ4v) is 11.1. The van der Waals surface area contributed by atoms with Crippen LogP contribution in [0.5, 0.6) is 5.75 Å². The number of fused-ring (bicyclic) bond motifs is 2. The highest BCUT2D eigenvalue weighted by atomic mass is 32.1. The van der Waals surface area contributed by atoms with Crippen LogP contribution in [-0.4, -0.2) is 119 Å². The Morgan fingerprint density at radius 2 is 1.69 bits per heavy atom. The van der Waals surface area contributed by atoms with Crippen molar-refractivity contribution in [1.82, 2.24) is 25.1 Å². The Morgan fingerprint density at radius 3 is 2.46 bits per heavy atom. The topological polar surface area (TPSA) is 222 Å². The van der Waals surface area contributed by atoms with Crippen molar-refractivity contribution < 1.29 is 33.8 Å². The first-order valence-electron chi connectivity index (χ1n) is 24.3. The molecule has 3 aliphatic heterocycles. The molecule has 0 bridgehead atoms. The molecule has 6 aromatic rings. The Hall–Kier alpha value is -7.54. The Morgan fingerprint density at radius 1 is 0.903 bits per heavy atom. The van der Waals surface area contributed by atoms with Gasteiger partial charge >= 0.3 is 5.97 Å². The van der Waals surface area contributed by atoms with E-state index in [0.717, 1.165) is 39.9 Å². The quantitative estimate of drug-likeness (QED) is 0.0316. The average Bonchev–Trinajstić information content (AvgIpc) is 3.78. The molecular weight excluding hydrogens is 933 g/mol. The number of thiazole rings is 1. The number of aromatic carboxylic acids is 1. The maximum Gasteiger partial charge on any atom is 0.355 e. The molecule has 0 aliphatic carbocycles. The fourth-order valence-electron chi connectivity index (χ4n) is 10.2. The number of para-hydroxylation sites is 1. The normalized spacial score (nSPS) is 18.3. The molecule has 72 heavy (non-hydrogen) atoms. The third kappa shape index (κ3) is 10.7. The minimum atomic E-state index is -1.14. The molecule has 4 aromatic carbocycles. The molecule has 2 aromatic heterocycles. The van der Waals surface area contributed by atoms with Gasteiger partial charge < -0.3 is 30.8 Å². The molecule has 2 saturated heterocycles. The lowest BCUT2D eigenvalue weighted by Gasteiger charge is -2.44. The number of carbonyl (C=O) groups is 5. The standard InChI is InChI=1S/C54H58N10O7S/c1-31-27-62(30-48(66)57-35-16-17-39(43(26-35)56-4)49(55)40-19-21-47(65)60-52(40)68)28-32(2)64(31)23-9-25-71-44-14-8-11-36(33(44)3)37-18-20-46(59-50(37)53(69)70)63-24-22-34-10-7-12-38(41(34)29-63)51(67)61-54-58-42-13-5-6-15-45(42)72-54/h5-8,10-18,20,26,31-32,40,55-56H,9,19,21-25,27-30H2,1-4H3,(H,57,66)(H,69,70)(H,58,61,67)(H,60,65,68). The molecule has 5 heterocycles. The number of nitrogens with one attached hydrogen (secondary N) is 5. The third-order valence-corrected chi connectivity index (χ3v) is 14.8. The lowest BCUT2D eigenvalue weighted by molar-refractivity contribution is -0.134. The smallest absolute Gasteiger partial charge is 0.355 e. The maximum absolute atomic E-state index is 13.6. The minimum Gasteiger partial charge on any atom is -0.493 e. The number of carboxylic acids is 1. The highest BCUT2D eigenvalue weighted by molar-refractivity contribution is 7.22. The number of piperazine rings is 1. The number of anilines is 4. The SMILES string of the molecule is CNc1cc(NC(=O)CN2CC(C)N(CCCOc3cccc(-c4ccc(N5CCc6cccc(C(=O)Nc7nc8ccccc8s7)c6C5)nc4C(=O)O)c3C)C(C)C2)ccc1C(=N)C1CCC(=O)NC1=O. The van der Waals surface area contributed by atoms with Gasteiger partial charge in [-0.2, -0.15) is 0 Å². The van der Waals surface area contributed by atoms with E-state index in [1.807, 2.05) is 84.6 Å². The van der Waals surface area contributed by atoms with Crippen LogP contribution in [0.1, 0.15) is 76.2 Å². The van der Waals surface area contributed by atoms with E-state index in [1.165, 1.54) is 11.3 Å². The zero-order valence-corrected chi connectivity index (χ0v) is 41.5. The van der Waals surface area contributed by atoms with E-state index in [-0.39, 0.29) is 60.6 Å². The molecule has 6 N–H and O–H groups in total. The number of carbonyl (C=O) groups excluding carboxylic acids is 4. The molecule has 0 radical (unpaired) electrons. The molecular formula is C54H58N10O7S. The second-order valence-electron chi connectivity index (χ2n) is 18.7. The summed E-state index contributed by atoms with van der Waals surface area (Å²) in [6.45, 7) is 10.1. The maximum atomic E-state index is 13.6. The van der Waals surface area contributed by atoms with Crippen molar-refractivity contribution in [3.05, 3.63) is 125 Å². The number of nitrogens with zero attached hydrogens (tertiary/aromatic N) is 5. The van der Waals surface area contributed by atoms with Crippen LogP contribution < -0.4 is 30.9 Å². The van der Waals surface area contributed by atoms with Crippen LogP contribution in [-0.2, 0) is 27.3 Å². The number of pyridine rings is 1. The lowest BCUT2D eigenvalue weighted by atomic mass is 9.88. The molecule has 3 aliphatic rings. The summed E-state index contributed by atoms with van der Waals surface area (Å²) in [5.74, 6) is -1.89. The highest BCUT2D eigenvalue weighted by Crippen LogP contribution is 2.35. The van der Waals surface area contributed by atoms with E-state index in [1.54, 1.807) is 25.2 Å². The summed E-state index contributed by atoms with van der Waals surface area (Å²) in [6, 6.07) is 28.3. The van der Waals surface area contributed by atoms with Gasteiger partial charge in [-0.1, -0.05) is 47.7 Å². The van der Waals surface area contributed by atoms with Gasteiger partial charge in [-0.3, -0.25) is 39.6 Å². The highest BCUT2D eigenvalue weighted by Gasteiger charge is 2.33. The van der Waals surface area contributed by atoms with Gasteiger partial charge in [0, 0.05) is 86.3 Å². The second-order valence-corrected chi connectivity index (χ2v) is 19.7. The van der Waals surface area contributed by atoms with Crippen LogP contribution in [0, 0.1) is 18.3 Å². The summed E-state index contributed by atoms with van der Waals surface area (Å²) in [5, 5.41) is 31.1. The number of amides is 4. The van der Waals surface area contributed by atoms with Gasteiger partial charge in [0.1, 0.15) is 11.6 Å².